The molecule has 1 aliphatic rings. The van der Waals surface area contributed by atoms with Gasteiger partial charge in [0.2, 0.25) is 5.91 Å². The van der Waals surface area contributed by atoms with E-state index in [0.29, 0.717) is 5.56 Å². The van der Waals surface area contributed by atoms with Crippen molar-refractivity contribution >= 4 is 5.91 Å². The maximum absolute atomic E-state index is 13.5. The van der Waals surface area contributed by atoms with Crippen molar-refractivity contribution in [3.05, 3.63) is 35.4 Å². The fourth-order valence-electron chi connectivity index (χ4n) is 2.56. The standard InChI is InChI=1S/C14H18F2N2O/c1-18(14(19)11-3-2-4-13(11)17)8-9-5-6-10(15)7-12(9)16/h5-7,11,13H,2-4,8,17H2,1H3. The first-order valence-corrected chi connectivity index (χ1v) is 6.43. The molecule has 1 aromatic carbocycles. The maximum atomic E-state index is 13.5. The lowest BCUT2D eigenvalue weighted by atomic mass is 10.0. The summed E-state index contributed by atoms with van der Waals surface area (Å²) in [4.78, 5) is 13.7. The minimum Gasteiger partial charge on any atom is -0.341 e. The molecular formula is C14H18F2N2O. The number of nitrogens with zero attached hydrogens (tertiary/aromatic N) is 1. The van der Waals surface area contributed by atoms with E-state index in [0.717, 1.165) is 25.3 Å². The van der Waals surface area contributed by atoms with Gasteiger partial charge in [-0.05, 0) is 18.9 Å². The van der Waals surface area contributed by atoms with Crippen LogP contribution in [0.25, 0.3) is 0 Å². The first-order chi connectivity index (χ1) is 8.99. The van der Waals surface area contributed by atoms with Gasteiger partial charge in [-0.1, -0.05) is 12.5 Å². The number of carbonyl (C=O) groups excluding carboxylic acids is 1. The smallest absolute Gasteiger partial charge is 0.227 e. The first-order valence-electron chi connectivity index (χ1n) is 6.43. The first kappa shape index (κ1) is 13.9. The van der Waals surface area contributed by atoms with Crippen LogP contribution in [0.4, 0.5) is 8.78 Å². The van der Waals surface area contributed by atoms with Crippen LogP contribution in [0.15, 0.2) is 18.2 Å². The van der Waals surface area contributed by atoms with E-state index in [1.165, 1.54) is 17.0 Å². The van der Waals surface area contributed by atoms with Crippen molar-refractivity contribution in [2.24, 2.45) is 11.7 Å². The quantitative estimate of drug-likeness (QED) is 0.912. The Labute approximate surface area is 111 Å². The van der Waals surface area contributed by atoms with Crippen molar-refractivity contribution in [2.45, 2.75) is 31.8 Å². The van der Waals surface area contributed by atoms with E-state index >= 15 is 0 Å². The van der Waals surface area contributed by atoms with E-state index in [1.54, 1.807) is 7.05 Å². The van der Waals surface area contributed by atoms with Crippen LogP contribution >= 0.6 is 0 Å². The van der Waals surface area contributed by atoms with Gasteiger partial charge in [-0.2, -0.15) is 0 Å². The van der Waals surface area contributed by atoms with Gasteiger partial charge in [-0.25, -0.2) is 8.78 Å². The van der Waals surface area contributed by atoms with Crippen molar-refractivity contribution in [3.8, 4) is 0 Å². The average Bonchev–Trinajstić information content (AvgIpc) is 2.78. The Hall–Kier alpha value is -1.49. The summed E-state index contributed by atoms with van der Waals surface area (Å²) in [6.07, 6.45) is 2.60. The van der Waals surface area contributed by atoms with E-state index in [9.17, 15) is 13.6 Å². The normalized spacial score (nSPS) is 22.5. The minimum atomic E-state index is -0.629. The fourth-order valence-corrected chi connectivity index (χ4v) is 2.56. The van der Waals surface area contributed by atoms with Crippen LogP contribution in [0.2, 0.25) is 0 Å². The van der Waals surface area contributed by atoms with E-state index in [4.69, 9.17) is 5.73 Å². The molecule has 104 valence electrons. The molecule has 0 radical (unpaired) electrons. The number of benzene rings is 1. The molecule has 1 amide bonds. The fraction of sp³-hybridized carbons (Fsp3) is 0.500. The molecule has 2 unspecified atom stereocenters. The van der Waals surface area contributed by atoms with Gasteiger partial charge in [-0.15, -0.1) is 0 Å². The highest BCUT2D eigenvalue weighted by molar-refractivity contribution is 5.79. The Balaban J connectivity index is 2.04. The van der Waals surface area contributed by atoms with Gasteiger partial charge in [0, 0.05) is 31.3 Å². The summed E-state index contributed by atoms with van der Waals surface area (Å²) in [5.74, 6) is -1.48. The number of rotatable bonds is 3. The largest absolute Gasteiger partial charge is 0.341 e. The van der Waals surface area contributed by atoms with Crippen LogP contribution in [0, 0.1) is 17.6 Å². The van der Waals surface area contributed by atoms with Gasteiger partial charge in [-0.3, -0.25) is 4.79 Å². The predicted molar refractivity (Wildman–Crippen MR) is 68.1 cm³/mol. The lowest BCUT2D eigenvalue weighted by Gasteiger charge is -2.23. The second-order valence-corrected chi connectivity index (χ2v) is 5.13. The van der Waals surface area contributed by atoms with Crippen LogP contribution < -0.4 is 5.73 Å². The second-order valence-electron chi connectivity index (χ2n) is 5.13. The zero-order valence-corrected chi connectivity index (χ0v) is 10.9. The molecule has 1 aliphatic carbocycles. The summed E-state index contributed by atoms with van der Waals surface area (Å²) >= 11 is 0. The molecular weight excluding hydrogens is 250 g/mol. The van der Waals surface area contributed by atoms with Crippen molar-refractivity contribution < 1.29 is 13.6 Å². The van der Waals surface area contributed by atoms with Gasteiger partial charge in [0.15, 0.2) is 0 Å². The molecule has 19 heavy (non-hydrogen) atoms. The summed E-state index contributed by atoms with van der Waals surface area (Å²) in [7, 11) is 1.62. The Morgan fingerprint density at radius 1 is 1.42 bits per heavy atom. The van der Waals surface area contributed by atoms with Crippen molar-refractivity contribution in [1.29, 1.82) is 0 Å². The molecule has 2 rings (SSSR count). The topological polar surface area (TPSA) is 46.3 Å². The summed E-state index contributed by atoms with van der Waals surface area (Å²) in [5.41, 5.74) is 6.20. The Kier molecular flexibility index (Phi) is 4.14. The highest BCUT2D eigenvalue weighted by atomic mass is 19.1. The van der Waals surface area contributed by atoms with Gasteiger partial charge in [0.1, 0.15) is 11.6 Å². The van der Waals surface area contributed by atoms with E-state index in [2.05, 4.69) is 0 Å². The molecule has 0 aromatic heterocycles. The van der Waals surface area contributed by atoms with Crippen molar-refractivity contribution in [3.63, 3.8) is 0 Å². The zero-order chi connectivity index (χ0) is 14.0. The lowest BCUT2D eigenvalue weighted by molar-refractivity contribution is -0.134. The molecule has 0 heterocycles. The van der Waals surface area contributed by atoms with Crippen molar-refractivity contribution in [1.82, 2.24) is 4.90 Å². The van der Waals surface area contributed by atoms with Crippen LogP contribution in [0.1, 0.15) is 24.8 Å². The minimum absolute atomic E-state index is 0.0614. The Morgan fingerprint density at radius 3 is 2.74 bits per heavy atom. The van der Waals surface area contributed by atoms with Crippen LogP contribution in [0.3, 0.4) is 0 Å². The van der Waals surface area contributed by atoms with Gasteiger partial charge in [0.25, 0.3) is 0 Å². The van der Waals surface area contributed by atoms with Gasteiger partial charge in [0.05, 0.1) is 5.92 Å². The van der Waals surface area contributed by atoms with Crippen LogP contribution in [0.5, 0.6) is 0 Å². The van der Waals surface area contributed by atoms with Crippen LogP contribution in [-0.4, -0.2) is 23.9 Å². The molecule has 2 N–H and O–H groups in total. The third kappa shape index (κ3) is 3.10. The summed E-state index contributed by atoms with van der Waals surface area (Å²) in [5, 5.41) is 0. The highest BCUT2D eigenvalue weighted by Gasteiger charge is 2.32. The molecule has 1 saturated carbocycles. The zero-order valence-electron chi connectivity index (χ0n) is 10.9. The van der Waals surface area contributed by atoms with Crippen molar-refractivity contribution in [2.75, 3.05) is 7.05 Å². The second kappa shape index (κ2) is 5.65. The monoisotopic (exact) mass is 268 g/mol. The summed E-state index contributed by atoms with van der Waals surface area (Å²) < 4.78 is 26.3. The van der Waals surface area contributed by atoms with E-state index < -0.39 is 11.6 Å². The Bertz CT molecular complexity index is 479. The molecule has 0 saturated heterocycles. The van der Waals surface area contributed by atoms with Gasteiger partial charge < -0.3 is 10.6 Å². The molecule has 5 heteroatoms. The number of carbonyl (C=O) groups is 1. The molecule has 0 spiro atoms. The predicted octanol–water partition coefficient (Wildman–Crippen LogP) is 2.05. The molecule has 3 nitrogen and oxygen atoms in total. The average molecular weight is 268 g/mol. The molecule has 0 bridgehead atoms. The number of nitrogens with two attached hydrogens (primary N) is 1. The number of amides is 1. The van der Waals surface area contributed by atoms with E-state index in [1.807, 2.05) is 0 Å². The summed E-state index contributed by atoms with van der Waals surface area (Å²) in [6.45, 7) is 0.133. The molecule has 1 fully saturated rings. The SMILES string of the molecule is CN(Cc1ccc(F)cc1F)C(=O)C1CCCC1N. The third-order valence-electron chi connectivity index (χ3n) is 3.69. The molecule has 2 atom stereocenters. The lowest BCUT2D eigenvalue weighted by Crippen LogP contribution is -2.39. The van der Waals surface area contributed by atoms with Crippen LogP contribution in [-0.2, 0) is 11.3 Å². The number of halogens is 2. The van der Waals surface area contributed by atoms with E-state index in [-0.39, 0.29) is 24.4 Å². The molecule has 0 aliphatic heterocycles. The highest BCUT2D eigenvalue weighted by Crippen LogP contribution is 2.26. The third-order valence-corrected chi connectivity index (χ3v) is 3.69. The number of hydrogen-bond acceptors (Lipinski definition) is 2. The molecule has 1 aromatic rings. The van der Waals surface area contributed by atoms with Gasteiger partial charge >= 0.3 is 0 Å². The number of hydrogen-bond donors (Lipinski definition) is 1. The Morgan fingerprint density at radius 2 is 2.16 bits per heavy atom. The summed E-state index contributed by atoms with van der Waals surface area (Å²) in [6, 6.07) is 3.28. The maximum Gasteiger partial charge on any atom is 0.227 e.